The number of hydrogen-bond donors (Lipinski definition) is 0. The van der Waals surface area contributed by atoms with Crippen molar-refractivity contribution >= 4 is 7.60 Å². The van der Waals surface area contributed by atoms with E-state index in [0.29, 0.717) is 13.2 Å². The summed E-state index contributed by atoms with van der Waals surface area (Å²) in [5, 5.41) is 13.8. The minimum atomic E-state index is -3.44. The fourth-order valence-electron chi connectivity index (χ4n) is 2.96. The molecule has 21 heavy (non-hydrogen) atoms. The highest BCUT2D eigenvalue weighted by Crippen LogP contribution is 2.59. The molecule has 0 aromatic heterocycles. The van der Waals surface area contributed by atoms with Gasteiger partial charge in [0.05, 0.1) is 13.2 Å². The molecule has 0 aromatic rings. The van der Waals surface area contributed by atoms with Gasteiger partial charge in [-0.25, -0.2) is 0 Å². The highest BCUT2D eigenvalue weighted by Gasteiger charge is 2.48. The fraction of sp³-hybridized carbons (Fsp3) is 1.00. The molecule has 6 heteroatoms. The van der Waals surface area contributed by atoms with Crippen LogP contribution in [0.2, 0.25) is 0 Å². The molecule has 125 valence electrons. The molecule has 1 fully saturated rings. The standard InChI is InChI=1S/C15H31NO4P/c1-6-19-21(18,20-7-2)14(16(17)15(3,4)5)13-11-9-8-10-12-13/h13-14H,6-12H2,1-5H3/t14-/m0/s1. The van der Waals surface area contributed by atoms with Crippen LogP contribution in [0.25, 0.3) is 0 Å². The zero-order chi connectivity index (χ0) is 16.1. The van der Waals surface area contributed by atoms with Gasteiger partial charge in [0, 0.05) is 5.54 Å². The van der Waals surface area contributed by atoms with Gasteiger partial charge in [-0.15, -0.1) is 10.3 Å². The molecule has 0 N–H and O–H groups in total. The summed E-state index contributed by atoms with van der Waals surface area (Å²) in [4.78, 5) is 0. The van der Waals surface area contributed by atoms with Crippen LogP contribution in [-0.4, -0.2) is 29.6 Å². The third kappa shape index (κ3) is 5.04. The molecular weight excluding hydrogens is 289 g/mol. The van der Waals surface area contributed by atoms with Gasteiger partial charge in [-0.05, 0) is 53.4 Å². The van der Waals surface area contributed by atoms with Gasteiger partial charge in [-0.3, -0.25) is 4.57 Å². The van der Waals surface area contributed by atoms with E-state index in [-0.39, 0.29) is 5.92 Å². The zero-order valence-corrected chi connectivity index (χ0v) is 15.0. The van der Waals surface area contributed by atoms with E-state index in [0.717, 1.165) is 30.7 Å². The highest BCUT2D eigenvalue weighted by molar-refractivity contribution is 7.54. The number of nitrogens with zero attached hydrogens (tertiary/aromatic N) is 1. The minimum absolute atomic E-state index is 0.0828. The monoisotopic (exact) mass is 320 g/mol. The van der Waals surface area contributed by atoms with Crippen molar-refractivity contribution < 1.29 is 18.8 Å². The van der Waals surface area contributed by atoms with Crippen molar-refractivity contribution in [2.24, 2.45) is 5.92 Å². The Morgan fingerprint density at radius 3 is 1.95 bits per heavy atom. The van der Waals surface area contributed by atoms with Crippen LogP contribution in [0.3, 0.4) is 0 Å². The van der Waals surface area contributed by atoms with Gasteiger partial charge in [-0.1, -0.05) is 19.3 Å². The van der Waals surface area contributed by atoms with Crippen molar-refractivity contribution in [1.82, 2.24) is 5.06 Å². The lowest BCUT2D eigenvalue weighted by Gasteiger charge is -2.42. The molecule has 1 saturated carbocycles. The molecule has 0 spiro atoms. The first-order valence-corrected chi connectivity index (χ1v) is 9.72. The largest absolute Gasteiger partial charge is 0.350 e. The maximum Gasteiger partial charge on any atom is 0.350 e. The van der Waals surface area contributed by atoms with Crippen molar-refractivity contribution in [3.63, 3.8) is 0 Å². The predicted octanol–water partition coefficient (Wildman–Crippen LogP) is 4.60. The lowest BCUT2D eigenvalue weighted by atomic mass is 9.88. The van der Waals surface area contributed by atoms with Gasteiger partial charge < -0.3 is 9.05 Å². The van der Waals surface area contributed by atoms with Crippen molar-refractivity contribution in [2.75, 3.05) is 13.2 Å². The topological polar surface area (TPSA) is 58.7 Å². The van der Waals surface area contributed by atoms with E-state index in [4.69, 9.17) is 9.05 Å². The van der Waals surface area contributed by atoms with Gasteiger partial charge in [0.1, 0.15) is 5.78 Å². The number of hydrogen-bond acceptors (Lipinski definition) is 4. The Bertz CT molecular complexity index is 340. The second-order valence-corrected chi connectivity index (χ2v) is 8.81. The molecule has 1 atom stereocenters. The lowest BCUT2D eigenvalue weighted by Crippen LogP contribution is -2.49. The maximum atomic E-state index is 13.2. The first-order chi connectivity index (χ1) is 9.76. The van der Waals surface area contributed by atoms with E-state index in [1.807, 2.05) is 20.8 Å². The van der Waals surface area contributed by atoms with Crippen molar-refractivity contribution in [3.05, 3.63) is 0 Å². The third-order valence-electron chi connectivity index (χ3n) is 3.91. The summed E-state index contributed by atoms with van der Waals surface area (Å²) in [6.45, 7) is 9.69. The van der Waals surface area contributed by atoms with Crippen molar-refractivity contribution in [3.8, 4) is 0 Å². The normalized spacial score (nSPS) is 20.0. The summed E-state index contributed by atoms with van der Waals surface area (Å²) in [5.74, 6) is -0.614. The summed E-state index contributed by atoms with van der Waals surface area (Å²) in [7, 11) is -3.44. The van der Waals surface area contributed by atoms with E-state index >= 15 is 0 Å². The summed E-state index contributed by atoms with van der Waals surface area (Å²) in [6.07, 6.45) is 5.19. The molecule has 0 aliphatic heterocycles. The average molecular weight is 320 g/mol. The number of hydroxylamine groups is 2. The highest BCUT2D eigenvalue weighted by atomic mass is 31.2. The Hall–Kier alpha value is 0.0700. The second kappa shape index (κ2) is 8.07. The van der Waals surface area contributed by atoms with Crippen LogP contribution in [0.1, 0.15) is 66.7 Å². The summed E-state index contributed by atoms with van der Waals surface area (Å²) >= 11 is 0. The predicted molar refractivity (Wildman–Crippen MR) is 83.5 cm³/mol. The van der Waals surface area contributed by atoms with E-state index in [9.17, 15) is 9.77 Å². The summed E-state index contributed by atoms with van der Waals surface area (Å²) in [5.41, 5.74) is -0.619. The van der Waals surface area contributed by atoms with Gasteiger partial charge in [-0.2, -0.15) is 0 Å². The first kappa shape index (κ1) is 19.1. The SMILES string of the molecule is CCOP(=O)(OCC)[C@@H](C1CCCCC1)N([O])C(C)(C)C. The van der Waals surface area contributed by atoms with Crippen LogP contribution in [-0.2, 0) is 18.8 Å². The third-order valence-corrected chi connectivity index (χ3v) is 6.43. The molecule has 5 nitrogen and oxygen atoms in total. The Morgan fingerprint density at radius 2 is 1.57 bits per heavy atom. The van der Waals surface area contributed by atoms with E-state index in [1.165, 1.54) is 6.42 Å². The molecule has 0 heterocycles. The molecular formula is C15H31NO4P. The zero-order valence-electron chi connectivity index (χ0n) is 14.1. The van der Waals surface area contributed by atoms with E-state index in [2.05, 4.69) is 0 Å². The van der Waals surface area contributed by atoms with E-state index in [1.54, 1.807) is 13.8 Å². The fourth-order valence-corrected chi connectivity index (χ4v) is 5.47. The van der Waals surface area contributed by atoms with Crippen LogP contribution in [0.4, 0.5) is 0 Å². The lowest BCUT2D eigenvalue weighted by molar-refractivity contribution is -0.236. The molecule has 1 aliphatic carbocycles. The van der Waals surface area contributed by atoms with Crippen molar-refractivity contribution in [2.45, 2.75) is 78.0 Å². The van der Waals surface area contributed by atoms with Crippen LogP contribution < -0.4 is 0 Å². The summed E-state index contributed by atoms with van der Waals surface area (Å²) in [6, 6.07) is 0. The van der Waals surface area contributed by atoms with Crippen molar-refractivity contribution in [1.29, 1.82) is 0 Å². The van der Waals surface area contributed by atoms with Gasteiger partial charge >= 0.3 is 7.60 Å². The smallest absolute Gasteiger partial charge is 0.308 e. The Labute approximate surface area is 129 Å². The quantitative estimate of drug-likeness (QED) is 0.508. The molecule has 1 radical (unpaired) electrons. The number of rotatable bonds is 7. The molecule has 0 aromatic carbocycles. The van der Waals surface area contributed by atoms with Gasteiger partial charge in [0.2, 0.25) is 0 Å². The molecule has 0 amide bonds. The minimum Gasteiger partial charge on any atom is -0.308 e. The Balaban J connectivity index is 3.11. The molecule has 0 bridgehead atoms. The molecule has 0 unspecified atom stereocenters. The van der Waals surface area contributed by atoms with Crippen LogP contribution >= 0.6 is 7.60 Å². The molecule has 1 aliphatic rings. The van der Waals surface area contributed by atoms with E-state index < -0.39 is 18.9 Å². The van der Waals surface area contributed by atoms with Crippen LogP contribution in [0.5, 0.6) is 0 Å². The maximum absolute atomic E-state index is 13.2. The van der Waals surface area contributed by atoms with Gasteiger partial charge in [0.25, 0.3) is 0 Å². The molecule has 0 saturated heterocycles. The second-order valence-electron chi connectivity index (χ2n) is 6.68. The summed E-state index contributed by atoms with van der Waals surface area (Å²) < 4.78 is 24.2. The van der Waals surface area contributed by atoms with Gasteiger partial charge in [0.15, 0.2) is 0 Å². The first-order valence-electron chi connectivity index (χ1n) is 8.11. The Kier molecular flexibility index (Phi) is 7.35. The molecule has 1 rings (SSSR count). The Morgan fingerprint density at radius 1 is 1.10 bits per heavy atom. The van der Waals surface area contributed by atoms with Crippen LogP contribution in [0.15, 0.2) is 0 Å². The van der Waals surface area contributed by atoms with Crippen LogP contribution in [0, 0.1) is 5.92 Å². The average Bonchev–Trinajstić information content (AvgIpc) is 2.39.